The van der Waals surface area contributed by atoms with Crippen LogP contribution in [0.4, 0.5) is 4.39 Å². The first-order chi connectivity index (χ1) is 5.15. The molecule has 0 saturated heterocycles. The smallest absolute Gasteiger partial charge is 0.139 e. The molecule has 1 rings (SSSR count). The highest BCUT2D eigenvalue weighted by atomic mass is 19.1. The fourth-order valence-corrected chi connectivity index (χ4v) is 1.04. The molecule has 1 aromatic carbocycles. The van der Waals surface area contributed by atoms with E-state index < -0.39 is 0 Å². The molecule has 11 heavy (non-hydrogen) atoms. The summed E-state index contributed by atoms with van der Waals surface area (Å²) in [4.78, 5) is 0. The fourth-order valence-electron chi connectivity index (χ4n) is 1.04. The molecular weight excluding hydrogens is 142 g/mol. The molecule has 0 atom stereocenters. The summed E-state index contributed by atoms with van der Waals surface area (Å²) in [6.45, 7) is 1.62. The molecular formula is C8H10BFO. The van der Waals surface area contributed by atoms with Crippen molar-refractivity contribution in [2.24, 2.45) is 0 Å². The highest BCUT2D eigenvalue weighted by Gasteiger charge is 2.01. The molecule has 0 unspecified atom stereocenters. The Labute approximate surface area is 66.3 Å². The number of aliphatic hydroxyl groups excluding tert-OH is 1. The minimum atomic E-state index is -0.250. The van der Waals surface area contributed by atoms with Crippen molar-refractivity contribution in [2.45, 2.75) is 13.5 Å². The summed E-state index contributed by atoms with van der Waals surface area (Å²) in [6.07, 6.45) is 0. The molecule has 1 N–H and O–H groups in total. The molecule has 0 aliphatic heterocycles. The van der Waals surface area contributed by atoms with E-state index >= 15 is 0 Å². The molecule has 0 radical (unpaired) electrons. The Hall–Kier alpha value is -0.825. The van der Waals surface area contributed by atoms with Crippen molar-refractivity contribution < 1.29 is 9.50 Å². The lowest BCUT2D eigenvalue weighted by Gasteiger charge is -2.04. The van der Waals surface area contributed by atoms with Crippen LogP contribution in [0.1, 0.15) is 11.1 Å². The van der Waals surface area contributed by atoms with Gasteiger partial charge in [0.1, 0.15) is 13.7 Å². The van der Waals surface area contributed by atoms with Crippen molar-refractivity contribution >= 4 is 13.3 Å². The van der Waals surface area contributed by atoms with Crippen LogP contribution in [0.15, 0.2) is 12.1 Å². The number of hydrogen-bond donors (Lipinski definition) is 1. The van der Waals surface area contributed by atoms with Crippen molar-refractivity contribution in [2.75, 3.05) is 0 Å². The van der Waals surface area contributed by atoms with E-state index in [0.717, 1.165) is 5.46 Å². The van der Waals surface area contributed by atoms with Gasteiger partial charge in [-0.3, -0.25) is 0 Å². The summed E-state index contributed by atoms with van der Waals surface area (Å²) in [5.74, 6) is -0.250. The zero-order chi connectivity index (χ0) is 8.43. The summed E-state index contributed by atoms with van der Waals surface area (Å²) in [6, 6.07) is 3.12. The van der Waals surface area contributed by atoms with Gasteiger partial charge < -0.3 is 5.11 Å². The maximum atomic E-state index is 12.8. The Bertz CT molecular complexity index is 273. The number of aryl methyl sites for hydroxylation is 1. The quantitative estimate of drug-likeness (QED) is 0.556. The summed E-state index contributed by atoms with van der Waals surface area (Å²) in [5.41, 5.74) is 2.22. The van der Waals surface area contributed by atoms with Gasteiger partial charge in [-0.2, -0.15) is 0 Å². The molecule has 0 bridgehead atoms. The molecule has 0 saturated carbocycles. The van der Waals surface area contributed by atoms with Gasteiger partial charge in [0, 0.05) is 0 Å². The summed E-state index contributed by atoms with van der Waals surface area (Å²) >= 11 is 0. The van der Waals surface area contributed by atoms with Crippen LogP contribution >= 0.6 is 0 Å². The van der Waals surface area contributed by atoms with Gasteiger partial charge in [0.05, 0.1) is 6.61 Å². The third kappa shape index (κ3) is 1.60. The molecule has 0 spiro atoms. The number of benzene rings is 1. The van der Waals surface area contributed by atoms with E-state index in [9.17, 15) is 4.39 Å². The molecule has 1 aromatic rings. The van der Waals surface area contributed by atoms with Crippen LogP contribution in [-0.4, -0.2) is 13.0 Å². The largest absolute Gasteiger partial charge is 0.392 e. The van der Waals surface area contributed by atoms with E-state index in [1.165, 1.54) is 6.07 Å². The van der Waals surface area contributed by atoms with E-state index in [2.05, 4.69) is 0 Å². The highest BCUT2D eigenvalue weighted by Crippen LogP contribution is 2.06. The minimum absolute atomic E-state index is 0.0942. The van der Waals surface area contributed by atoms with Crippen molar-refractivity contribution in [3.05, 3.63) is 29.1 Å². The fraction of sp³-hybridized carbons (Fsp3) is 0.250. The molecule has 1 nitrogen and oxygen atoms in total. The topological polar surface area (TPSA) is 20.2 Å². The Morgan fingerprint density at radius 2 is 2.18 bits per heavy atom. The lowest BCUT2D eigenvalue weighted by molar-refractivity contribution is 0.282. The first-order valence-corrected chi connectivity index (χ1v) is 3.51. The third-order valence-electron chi connectivity index (χ3n) is 1.79. The first-order valence-electron chi connectivity index (χ1n) is 3.51. The Morgan fingerprint density at radius 1 is 1.55 bits per heavy atom. The second-order valence-corrected chi connectivity index (χ2v) is 2.69. The van der Waals surface area contributed by atoms with Gasteiger partial charge in [-0.25, -0.2) is 4.39 Å². The van der Waals surface area contributed by atoms with E-state index in [1.807, 2.05) is 7.85 Å². The molecule has 0 heterocycles. The van der Waals surface area contributed by atoms with E-state index in [1.54, 1.807) is 13.0 Å². The van der Waals surface area contributed by atoms with E-state index in [0.29, 0.717) is 11.1 Å². The Kier molecular flexibility index (Phi) is 2.30. The summed E-state index contributed by atoms with van der Waals surface area (Å²) in [5, 5.41) is 8.77. The van der Waals surface area contributed by atoms with Gasteiger partial charge in [0.2, 0.25) is 0 Å². The van der Waals surface area contributed by atoms with Gasteiger partial charge in [-0.05, 0) is 24.1 Å². The number of hydrogen-bond acceptors (Lipinski definition) is 1. The third-order valence-corrected chi connectivity index (χ3v) is 1.79. The second-order valence-electron chi connectivity index (χ2n) is 2.69. The number of rotatable bonds is 1. The molecule has 0 aliphatic carbocycles. The summed E-state index contributed by atoms with van der Waals surface area (Å²) in [7, 11) is 1.86. The van der Waals surface area contributed by atoms with Crippen LogP contribution < -0.4 is 5.46 Å². The van der Waals surface area contributed by atoms with Crippen LogP contribution in [0.2, 0.25) is 0 Å². The SMILES string of the molecule is Bc1cc(C)c(F)cc1CO. The highest BCUT2D eigenvalue weighted by molar-refractivity contribution is 6.33. The molecule has 0 aliphatic rings. The molecule has 0 amide bonds. The standard InChI is InChI=1S/C8H10BFO/c1-5-2-7(9)6(4-11)3-8(5)10/h2-3,11H,4,9H2,1H3. The normalized spacial score (nSPS) is 10.1. The van der Waals surface area contributed by atoms with E-state index in [4.69, 9.17) is 5.11 Å². The van der Waals surface area contributed by atoms with Gasteiger partial charge >= 0.3 is 0 Å². The van der Waals surface area contributed by atoms with Crippen LogP contribution in [0.5, 0.6) is 0 Å². The first kappa shape index (κ1) is 8.27. The van der Waals surface area contributed by atoms with Gasteiger partial charge in [-0.1, -0.05) is 11.5 Å². The molecule has 58 valence electrons. The zero-order valence-electron chi connectivity index (χ0n) is 6.69. The average Bonchev–Trinajstić information content (AvgIpc) is 1.97. The van der Waals surface area contributed by atoms with Gasteiger partial charge in [0.15, 0.2) is 0 Å². The van der Waals surface area contributed by atoms with E-state index in [-0.39, 0.29) is 12.4 Å². The maximum Gasteiger partial charge on any atom is 0.139 e. The predicted molar refractivity (Wildman–Crippen MR) is 45.2 cm³/mol. The monoisotopic (exact) mass is 152 g/mol. The van der Waals surface area contributed by atoms with Crippen LogP contribution in [0.25, 0.3) is 0 Å². The Balaban J connectivity index is 3.21. The lowest BCUT2D eigenvalue weighted by Crippen LogP contribution is -2.11. The van der Waals surface area contributed by atoms with Gasteiger partial charge in [0.25, 0.3) is 0 Å². The van der Waals surface area contributed by atoms with Crippen LogP contribution in [0.3, 0.4) is 0 Å². The van der Waals surface area contributed by atoms with Crippen molar-refractivity contribution in [1.82, 2.24) is 0 Å². The minimum Gasteiger partial charge on any atom is -0.392 e. The number of halogens is 1. The lowest BCUT2D eigenvalue weighted by atomic mass is 9.89. The molecule has 3 heteroatoms. The summed E-state index contributed by atoms with van der Waals surface area (Å²) < 4.78 is 12.8. The Morgan fingerprint density at radius 3 is 2.73 bits per heavy atom. The second kappa shape index (κ2) is 3.05. The maximum absolute atomic E-state index is 12.8. The van der Waals surface area contributed by atoms with Crippen molar-refractivity contribution in [1.29, 1.82) is 0 Å². The van der Waals surface area contributed by atoms with Crippen molar-refractivity contribution in [3.63, 3.8) is 0 Å². The van der Waals surface area contributed by atoms with Gasteiger partial charge in [-0.15, -0.1) is 0 Å². The number of aliphatic hydroxyl groups is 1. The van der Waals surface area contributed by atoms with Crippen LogP contribution in [-0.2, 0) is 6.61 Å². The molecule has 0 aromatic heterocycles. The van der Waals surface area contributed by atoms with Crippen LogP contribution in [0, 0.1) is 12.7 Å². The zero-order valence-corrected chi connectivity index (χ0v) is 6.69. The van der Waals surface area contributed by atoms with Crippen molar-refractivity contribution in [3.8, 4) is 0 Å². The average molecular weight is 152 g/mol. The molecule has 0 fully saturated rings. The predicted octanol–water partition coefficient (Wildman–Crippen LogP) is -0.115.